The molecule has 0 spiro atoms. The molecule has 1 atom stereocenters. The molecule has 278 valence electrons. The summed E-state index contributed by atoms with van der Waals surface area (Å²) in [5, 5.41) is 18.6. The molecule has 0 aliphatic carbocycles. The van der Waals surface area contributed by atoms with Crippen LogP contribution in [0.1, 0.15) is 22.1 Å². The molecule has 0 bridgehead atoms. The van der Waals surface area contributed by atoms with E-state index in [2.05, 4.69) is 206 Å². The number of amides is 1. The number of aliphatic hydroxyl groups is 1. The van der Waals surface area contributed by atoms with Crippen molar-refractivity contribution in [3.05, 3.63) is 153 Å². The lowest BCUT2D eigenvalue weighted by molar-refractivity contribution is 0.0302. The molecule has 1 unspecified atom stereocenters. The van der Waals surface area contributed by atoms with E-state index in [1.165, 1.54) is 4.90 Å². The predicted octanol–water partition coefficient (Wildman–Crippen LogP) is 14.6. The van der Waals surface area contributed by atoms with Gasteiger partial charge in [0, 0.05) is 71.8 Å². The highest BCUT2D eigenvalue weighted by Crippen LogP contribution is 2.49. The van der Waals surface area contributed by atoms with Gasteiger partial charge in [0.15, 0.2) is 6.23 Å². The summed E-state index contributed by atoms with van der Waals surface area (Å²) in [5.41, 5.74) is 9.05. The first-order valence-electron chi connectivity index (χ1n) is 17.8. The molecule has 0 saturated carbocycles. The van der Waals surface area contributed by atoms with Gasteiger partial charge in [-0.05, 0) is 115 Å². The van der Waals surface area contributed by atoms with E-state index < -0.39 is 6.23 Å². The molecule has 1 aliphatic heterocycles. The van der Waals surface area contributed by atoms with Crippen LogP contribution < -0.4 is 0 Å². The van der Waals surface area contributed by atoms with Gasteiger partial charge in [0.25, 0.3) is 5.91 Å². The van der Waals surface area contributed by atoms with Crippen LogP contribution in [0.15, 0.2) is 142 Å². The van der Waals surface area contributed by atoms with Crippen molar-refractivity contribution in [3.63, 3.8) is 0 Å². The first kappa shape index (κ1) is 36.3. The summed E-state index contributed by atoms with van der Waals surface area (Å²) in [4.78, 5) is 15.9. The Morgan fingerprint density at radius 3 is 1.07 bits per heavy atom. The van der Waals surface area contributed by atoms with Gasteiger partial charge in [0.1, 0.15) is 0 Å². The third kappa shape index (κ3) is 5.27. The molecule has 1 aliphatic rings. The number of hydrogen-bond acceptors (Lipinski definition) is 2. The topological polar surface area (TPSA) is 55.3 Å². The Balaban J connectivity index is 1.46. The van der Waals surface area contributed by atoms with Crippen LogP contribution in [0.4, 0.5) is 0 Å². The Hall–Kier alpha value is -3.75. The molecule has 7 aromatic carbocycles. The van der Waals surface area contributed by atoms with E-state index >= 15 is 0 Å². The van der Waals surface area contributed by atoms with Crippen molar-refractivity contribution < 1.29 is 9.90 Å². The average Bonchev–Trinajstić information content (AvgIpc) is 3.85. The monoisotopic (exact) mass is 1130 g/mol. The molecule has 1 N–H and O–H groups in total. The fourth-order valence-corrected chi connectivity index (χ4v) is 11.0. The van der Waals surface area contributed by atoms with E-state index in [-0.39, 0.29) is 5.91 Å². The van der Waals surface area contributed by atoms with Crippen molar-refractivity contribution >= 4 is 167 Å². The summed E-state index contributed by atoms with van der Waals surface area (Å²) < 4.78 is 12.6. The predicted molar refractivity (Wildman–Crippen MR) is 253 cm³/mol. The van der Waals surface area contributed by atoms with Crippen LogP contribution in [0, 0.1) is 0 Å². The summed E-state index contributed by atoms with van der Waals surface area (Å²) in [6.07, 6.45) is -1.21. The minimum atomic E-state index is -1.21. The molecule has 12 heteroatoms. The standard InChI is InChI=1S/C45H24Br6N4O2/c1-52-44(56)33-20-40(53-34-8-2-21(46)14-27(34)28-15-22(47)3-9-35(28)53)42(54-36-10-4-23(48)16-29(36)30-17-24(49)5-11-37(30)54)43(41(33)45(52)57)55-38-12-6-25(50)18-31(38)32-19-26(51)7-13-39(32)55/h2-20,45,57H,1H3. The van der Waals surface area contributed by atoms with Crippen LogP contribution in [0.3, 0.4) is 0 Å². The molecular formula is C45H24Br6N4O2. The zero-order valence-corrected chi connectivity index (χ0v) is 39.0. The molecule has 4 heterocycles. The van der Waals surface area contributed by atoms with Gasteiger partial charge < -0.3 is 23.7 Å². The highest BCUT2D eigenvalue weighted by Gasteiger charge is 2.40. The molecule has 0 fully saturated rings. The lowest BCUT2D eigenvalue weighted by Crippen LogP contribution is -2.22. The van der Waals surface area contributed by atoms with Crippen molar-refractivity contribution in [3.8, 4) is 17.1 Å². The van der Waals surface area contributed by atoms with Crippen LogP contribution >= 0.6 is 95.6 Å². The average molecular weight is 1130 g/mol. The Labute approximate surface area is 375 Å². The smallest absolute Gasteiger partial charge is 0.256 e. The fraction of sp³-hybridized carbons (Fsp3) is 0.0444. The number of carbonyl (C=O) groups excluding carboxylic acids is 1. The summed E-state index contributed by atoms with van der Waals surface area (Å²) in [7, 11) is 1.67. The van der Waals surface area contributed by atoms with Crippen molar-refractivity contribution in [1.29, 1.82) is 0 Å². The quantitative estimate of drug-likeness (QED) is 0.192. The molecule has 0 saturated heterocycles. The highest BCUT2D eigenvalue weighted by atomic mass is 79.9. The summed E-state index contributed by atoms with van der Waals surface area (Å²) >= 11 is 22.5. The van der Waals surface area contributed by atoms with E-state index in [0.29, 0.717) is 16.8 Å². The van der Waals surface area contributed by atoms with Crippen LogP contribution in [-0.4, -0.2) is 36.7 Å². The van der Waals surface area contributed by atoms with Crippen molar-refractivity contribution in [2.75, 3.05) is 7.05 Å². The molecule has 0 radical (unpaired) electrons. The zero-order valence-electron chi connectivity index (χ0n) is 29.5. The number of carbonyl (C=O) groups is 1. The number of hydrogen-bond donors (Lipinski definition) is 1. The van der Waals surface area contributed by atoms with E-state index in [0.717, 1.165) is 104 Å². The maximum atomic E-state index is 14.5. The van der Waals surface area contributed by atoms with Crippen molar-refractivity contribution in [1.82, 2.24) is 18.6 Å². The molecular weight excluding hydrogens is 1110 g/mol. The minimum absolute atomic E-state index is 0.251. The van der Waals surface area contributed by atoms with E-state index in [9.17, 15) is 9.90 Å². The Bertz CT molecular complexity index is 3280. The largest absolute Gasteiger partial charge is 0.369 e. The number of aromatic nitrogens is 3. The number of rotatable bonds is 3. The van der Waals surface area contributed by atoms with Gasteiger partial charge >= 0.3 is 0 Å². The van der Waals surface area contributed by atoms with E-state index in [1.807, 2.05) is 18.2 Å². The fourth-order valence-electron chi connectivity index (χ4n) is 8.85. The molecule has 3 aromatic heterocycles. The Kier molecular flexibility index (Phi) is 8.37. The lowest BCUT2D eigenvalue weighted by Gasteiger charge is -2.25. The summed E-state index contributed by atoms with van der Waals surface area (Å²) in [5.74, 6) is -0.251. The molecule has 11 rings (SSSR count). The molecule has 6 nitrogen and oxygen atoms in total. The van der Waals surface area contributed by atoms with E-state index in [1.54, 1.807) is 7.05 Å². The van der Waals surface area contributed by atoms with Gasteiger partial charge in [0.05, 0.1) is 55.7 Å². The third-order valence-corrected chi connectivity index (χ3v) is 14.2. The number of halogens is 6. The summed E-state index contributed by atoms with van der Waals surface area (Å²) in [6, 6.07) is 40.0. The second-order valence-electron chi connectivity index (χ2n) is 14.3. The lowest BCUT2D eigenvalue weighted by atomic mass is 10.0. The van der Waals surface area contributed by atoms with Crippen molar-refractivity contribution in [2.45, 2.75) is 6.23 Å². The zero-order chi connectivity index (χ0) is 39.2. The van der Waals surface area contributed by atoms with Crippen LogP contribution in [0.25, 0.3) is 82.5 Å². The number of fused-ring (bicyclic) bond motifs is 10. The Morgan fingerprint density at radius 1 is 0.439 bits per heavy atom. The van der Waals surface area contributed by atoms with Gasteiger partial charge in [-0.1, -0.05) is 95.6 Å². The number of benzene rings is 7. The molecule has 1 amide bonds. The SMILES string of the molecule is CN1C(=O)c2cc(-n3c4ccc(Br)cc4c4cc(Br)ccc43)c(-n3c4ccc(Br)cc4c4cc(Br)ccc43)c(-n3c4ccc(Br)cc4c4cc(Br)ccc43)c2C1O. The first-order valence-corrected chi connectivity index (χ1v) is 22.6. The van der Waals surface area contributed by atoms with Crippen molar-refractivity contribution in [2.24, 2.45) is 0 Å². The number of nitrogens with zero attached hydrogens (tertiary/aromatic N) is 4. The van der Waals surface area contributed by atoms with E-state index in [4.69, 9.17) is 0 Å². The number of aliphatic hydroxyl groups excluding tert-OH is 1. The second-order valence-corrected chi connectivity index (χ2v) is 19.8. The van der Waals surface area contributed by atoms with Gasteiger partial charge in [-0.15, -0.1) is 0 Å². The first-order chi connectivity index (χ1) is 27.5. The maximum Gasteiger partial charge on any atom is 0.256 e. The van der Waals surface area contributed by atoms with Gasteiger partial charge in [0.2, 0.25) is 0 Å². The van der Waals surface area contributed by atoms with Crippen LogP contribution in [-0.2, 0) is 0 Å². The van der Waals surface area contributed by atoms with Crippen LogP contribution in [0.5, 0.6) is 0 Å². The van der Waals surface area contributed by atoms with Gasteiger partial charge in [-0.3, -0.25) is 4.79 Å². The minimum Gasteiger partial charge on any atom is -0.369 e. The van der Waals surface area contributed by atoms with Gasteiger partial charge in [-0.2, -0.15) is 0 Å². The van der Waals surface area contributed by atoms with Gasteiger partial charge in [-0.25, -0.2) is 0 Å². The molecule has 10 aromatic rings. The third-order valence-electron chi connectivity index (χ3n) is 11.2. The normalized spacial score (nSPS) is 14.5. The van der Waals surface area contributed by atoms with Crippen LogP contribution in [0.2, 0.25) is 0 Å². The maximum absolute atomic E-state index is 14.5. The Morgan fingerprint density at radius 2 is 0.737 bits per heavy atom. The second kappa shape index (κ2) is 13.1. The molecule has 57 heavy (non-hydrogen) atoms. The summed E-state index contributed by atoms with van der Waals surface area (Å²) in [6.45, 7) is 0. The highest BCUT2D eigenvalue weighted by molar-refractivity contribution is 9.11.